The van der Waals surface area contributed by atoms with Gasteiger partial charge >= 0.3 is 5.97 Å². The number of carbonyl (C=O) groups excluding carboxylic acids is 3. The van der Waals surface area contributed by atoms with Crippen LogP contribution in [-0.4, -0.2) is 41.8 Å². The van der Waals surface area contributed by atoms with Crippen LogP contribution in [0.1, 0.15) is 30.5 Å². The van der Waals surface area contributed by atoms with Crippen molar-refractivity contribution in [1.82, 2.24) is 4.90 Å². The summed E-state index contributed by atoms with van der Waals surface area (Å²) in [5.74, 6) is -0.795. The van der Waals surface area contributed by atoms with E-state index in [0.29, 0.717) is 34.6 Å². The standard InChI is InChI=1S/C26H26FNO6S/c1-5-9-18-12-17(13-21(32-4)23(18)34-15-19-10-7-8-11-20(19)27)14-22-24(29)28(26(31)35-22)16(3)25(30)33-6-2/h5,7-8,10-14,16H,1,6,9,15H2,2-4H3/b22-14+/t16-/m0/s1. The van der Waals surface area contributed by atoms with Crippen LogP contribution in [0, 0.1) is 5.82 Å². The summed E-state index contributed by atoms with van der Waals surface area (Å²) in [5.41, 5.74) is 1.69. The number of methoxy groups -OCH3 is 1. The average molecular weight is 500 g/mol. The average Bonchev–Trinajstić information content (AvgIpc) is 3.11. The largest absolute Gasteiger partial charge is 0.493 e. The summed E-state index contributed by atoms with van der Waals surface area (Å²) < 4.78 is 30.4. The number of hydrogen-bond donors (Lipinski definition) is 0. The minimum absolute atomic E-state index is 0.00282. The van der Waals surface area contributed by atoms with Crippen LogP contribution in [0.2, 0.25) is 0 Å². The maximum absolute atomic E-state index is 14.0. The lowest BCUT2D eigenvalue weighted by atomic mass is 10.0. The highest BCUT2D eigenvalue weighted by Crippen LogP contribution is 2.38. The fraction of sp³-hybridized carbons (Fsp3) is 0.269. The second-order valence-electron chi connectivity index (χ2n) is 7.56. The molecule has 1 fully saturated rings. The molecule has 1 saturated heterocycles. The van der Waals surface area contributed by atoms with E-state index < -0.39 is 23.2 Å². The van der Waals surface area contributed by atoms with Crippen LogP contribution in [0.25, 0.3) is 6.08 Å². The molecule has 0 radical (unpaired) electrons. The molecule has 0 bridgehead atoms. The lowest BCUT2D eigenvalue weighted by molar-refractivity contribution is -0.150. The first-order chi connectivity index (χ1) is 16.8. The van der Waals surface area contributed by atoms with Crippen LogP contribution in [0.5, 0.6) is 11.5 Å². The second kappa shape index (κ2) is 11.7. The molecular weight excluding hydrogens is 473 g/mol. The van der Waals surface area contributed by atoms with E-state index in [4.69, 9.17) is 14.2 Å². The van der Waals surface area contributed by atoms with E-state index in [0.717, 1.165) is 16.7 Å². The Morgan fingerprint density at radius 3 is 2.63 bits per heavy atom. The number of thioether (sulfide) groups is 1. The zero-order chi connectivity index (χ0) is 25.5. The Labute approximate surface area is 207 Å². The molecule has 1 atom stereocenters. The number of ether oxygens (including phenoxy) is 3. The number of rotatable bonds is 10. The first-order valence-corrected chi connectivity index (χ1v) is 11.7. The van der Waals surface area contributed by atoms with Gasteiger partial charge in [-0.1, -0.05) is 24.3 Å². The Balaban J connectivity index is 1.91. The highest BCUT2D eigenvalue weighted by molar-refractivity contribution is 8.18. The maximum Gasteiger partial charge on any atom is 0.329 e. The van der Waals surface area contributed by atoms with Crippen LogP contribution in [0.15, 0.2) is 54.0 Å². The molecule has 9 heteroatoms. The van der Waals surface area contributed by atoms with Gasteiger partial charge in [0.25, 0.3) is 11.1 Å². The van der Waals surface area contributed by atoms with E-state index in [1.807, 2.05) is 0 Å². The fourth-order valence-electron chi connectivity index (χ4n) is 3.49. The Kier molecular flexibility index (Phi) is 8.70. The summed E-state index contributed by atoms with van der Waals surface area (Å²) in [5, 5.41) is -0.551. The SMILES string of the molecule is C=CCc1cc(/C=C2/SC(=O)N([C@@H](C)C(=O)OCC)C2=O)cc(OC)c1OCc1ccccc1F. The van der Waals surface area contributed by atoms with E-state index >= 15 is 0 Å². The third-order valence-corrected chi connectivity index (χ3v) is 6.09. The number of nitrogens with zero attached hydrogens (tertiary/aromatic N) is 1. The lowest BCUT2D eigenvalue weighted by Gasteiger charge is -2.19. The summed E-state index contributed by atoms with van der Waals surface area (Å²) >= 11 is 0.743. The van der Waals surface area contributed by atoms with Crippen molar-refractivity contribution in [1.29, 1.82) is 0 Å². The van der Waals surface area contributed by atoms with Gasteiger partial charge in [-0.3, -0.25) is 14.5 Å². The summed E-state index contributed by atoms with van der Waals surface area (Å²) in [7, 11) is 1.47. The molecule has 35 heavy (non-hydrogen) atoms. The van der Waals surface area contributed by atoms with Crippen LogP contribution in [0.4, 0.5) is 9.18 Å². The van der Waals surface area contributed by atoms with Crippen molar-refractivity contribution in [2.75, 3.05) is 13.7 Å². The molecular formula is C26H26FNO6S. The number of esters is 1. The molecule has 0 aliphatic carbocycles. The number of amides is 2. The van der Waals surface area contributed by atoms with Gasteiger partial charge in [-0.25, -0.2) is 9.18 Å². The summed E-state index contributed by atoms with van der Waals surface area (Å²) in [4.78, 5) is 38.5. The molecule has 1 aliphatic rings. The van der Waals surface area contributed by atoms with Gasteiger partial charge in [-0.05, 0) is 61.9 Å². The molecule has 1 aliphatic heterocycles. The molecule has 2 aromatic carbocycles. The van der Waals surface area contributed by atoms with E-state index in [9.17, 15) is 18.8 Å². The Bertz CT molecular complexity index is 1180. The number of allylic oxidation sites excluding steroid dienone is 1. The maximum atomic E-state index is 14.0. The number of carbonyl (C=O) groups is 3. The summed E-state index contributed by atoms with van der Waals surface area (Å²) in [6, 6.07) is 8.73. The Morgan fingerprint density at radius 2 is 1.97 bits per heavy atom. The first-order valence-electron chi connectivity index (χ1n) is 10.9. The molecule has 0 saturated carbocycles. The fourth-order valence-corrected chi connectivity index (χ4v) is 4.40. The lowest BCUT2D eigenvalue weighted by Crippen LogP contribution is -2.42. The van der Waals surface area contributed by atoms with Crippen LogP contribution in [-0.2, 0) is 27.4 Å². The quantitative estimate of drug-likeness (QED) is 0.255. The first kappa shape index (κ1) is 26.0. The van der Waals surface area contributed by atoms with Crippen molar-refractivity contribution in [2.45, 2.75) is 32.9 Å². The Morgan fingerprint density at radius 1 is 1.23 bits per heavy atom. The van der Waals surface area contributed by atoms with Gasteiger partial charge in [0.1, 0.15) is 18.5 Å². The molecule has 0 spiro atoms. The summed E-state index contributed by atoms with van der Waals surface area (Å²) in [6.45, 7) is 7.02. The number of imide groups is 1. The predicted octanol–water partition coefficient (Wildman–Crippen LogP) is 5.13. The molecule has 0 aromatic heterocycles. The minimum Gasteiger partial charge on any atom is -0.493 e. The van der Waals surface area contributed by atoms with Crippen molar-refractivity contribution in [3.63, 3.8) is 0 Å². The van der Waals surface area contributed by atoms with Crippen molar-refractivity contribution in [2.24, 2.45) is 0 Å². The van der Waals surface area contributed by atoms with Crippen LogP contribution in [0.3, 0.4) is 0 Å². The number of benzene rings is 2. The third-order valence-electron chi connectivity index (χ3n) is 5.20. The van der Waals surface area contributed by atoms with Gasteiger partial charge in [0.15, 0.2) is 11.5 Å². The monoisotopic (exact) mass is 499 g/mol. The molecule has 0 N–H and O–H groups in total. The molecule has 7 nitrogen and oxygen atoms in total. The highest BCUT2D eigenvalue weighted by Gasteiger charge is 2.41. The van der Waals surface area contributed by atoms with Gasteiger partial charge in [0, 0.05) is 11.1 Å². The van der Waals surface area contributed by atoms with E-state index in [-0.39, 0.29) is 23.9 Å². The van der Waals surface area contributed by atoms with Crippen molar-refractivity contribution in [3.8, 4) is 11.5 Å². The van der Waals surface area contributed by atoms with Crippen molar-refractivity contribution >= 4 is 35.0 Å². The minimum atomic E-state index is -1.03. The molecule has 2 aromatic rings. The van der Waals surface area contributed by atoms with E-state index in [2.05, 4.69) is 6.58 Å². The second-order valence-corrected chi connectivity index (χ2v) is 8.56. The molecule has 2 amide bonds. The topological polar surface area (TPSA) is 82.1 Å². The summed E-state index contributed by atoms with van der Waals surface area (Å²) in [6.07, 6.45) is 3.66. The molecule has 3 rings (SSSR count). The predicted molar refractivity (Wildman–Crippen MR) is 132 cm³/mol. The van der Waals surface area contributed by atoms with Gasteiger partial charge < -0.3 is 14.2 Å². The Hall–Kier alpha value is -3.59. The van der Waals surface area contributed by atoms with Gasteiger partial charge in [-0.15, -0.1) is 6.58 Å². The number of hydrogen-bond acceptors (Lipinski definition) is 7. The van der Waals surface area contributed by atoms with Crippen LogP contribution < -0.4 is 9.47 Å². The third kappa shape index (κ3) is 5.92. The molecule has 184 valence electrons. The van der Waals surface area contributed by atoms with Crippen molar-refractivity contribution < 1.29 is 33.0 Å². The van der Waals surface area contributed by atoms with Gasteiger partial charge in [0.2, 0.25) is 0 Å². The molecule has 1 heterocycles. The van der Waals surface area contributed by atoms with Gasteiger partial charge in [0.05, 0.1) is 18.6 Å². The smallest absolute Gasteiger partial charge is 0.329 e. The number of halogens is 1. The van der Waals surface area contributed by atoms with E-state index in [1.54, 1.807) is 49.4 Å². The normalized spacial score (nSPS) is 15.3. The zero-order valence-electron chi connectivity index (χ0n) is 19.7. The van der Waals surface area contributed by atoms with Gasteiger partial charge in [-0.2, -0.15) is 0 Å². The molecule has 0 unspecified atom stereocenters. The van der Waals surface area contributed by atoms with E-state index in [1.165, 1.54) is 20.1 Å². The zero-order valence-corrected chi connectivity index (χ0v) is 20.5. The highest BCUT2D eigenvalue weighted by atomic mass is 32.2. The van der Waals surface area contributed by atoms with Crippen LogP contribution >= 0.6 is 11.8 Å². The van der Waals surface area contributed by atoms with Crippen molar-refractivity contribution in [3.05, 3.63) is 76.5 Å².